The zero-order chi connectivity index (χ0) is 16.9. The second-order valence-corrected chi connectivity index (χ2v) is 6.97. The zero-order valence-corrected chi connectivity index (χ0v) is 13.9. The number of nitrogens with zero attached hydrogens (tertiary/aromatic N) is 1. The van der Waals surface area contributed by atoms with Gasteiger partial charge >= 0.3 is 0 Å². The van der Waals surface area contributed by atoms with Crippen LogP contribution in [0.5, 0.6) is 0 Å². The van der Waals surface area contributed by atoms with E-state index in [1.807, 2.05) is 0 Å². The predicted octanol–water partition coefficient (Wildman–Crippen LogP) is 5.12. The Morgan fingerprint density at radius 2 is 2.12 bits per heavy atom. The molecule has 1 N–H and O–H groups in total. The van der Waals surface area contributed by atoms with Gasteiger partial charge in [0, 0.05) is 35.0 Å². The third-order valence-corrected chi connectivity index (χ3v) is 4.89. The Bertz CT molecular complexity index is 789. The van der Waals surface area contributed by atoms with Crippen molar-refractivity contribution in [2.75, 3.05) is 11.9 Å². The van der Waals surface area contributed by atoms with Crippen molar-refractivity contribution in [2.24, 2.45) is 5.92 Å². The number of aromatic nitrogens is 1. The molecule has 1 saturated carbocycles. The number of benzene rings is 1. The molecule has 0 bridgehead atoms. The van der Waals surface area contributed by atoms with Crippen LogP contribution in [0.25, 0.3) is 0 Å². The van der Waals surface area contributed by atoms with Crippen LogP contribution in [0.2, 0.25) is 5.02 Å². The van der Waals surface area contributed by atoms with Crippen molar-refractivity contribution in [1.29, 1.82) is 0 Å². The van der Waals surface area contributed by atoms with Crippen LogP contribution in [0.1, 0.15) is 30.9 Å². The van der Waals surface area contributed by atoms with Crippen molar-refractivity contribution in [2.45, 2.75) is 31.3 Å². The van der Waals surface area contributed by atoms with Gasteiger partial charge in [-0.15, -0.1) is 0 Å². The van der Waals surface area contributed by atoms with E-state index in [0.717, 1.165) is 19.8 Å². The molecule has 0 radical (unpaired) electrons. The van der Waals surface area contributed by atoms with Crippen molar-refractivity contribution >= 4 is 23.1 Å². The molecular formula is C18H17ClF2N2O. The first-order valence-electron chi connectivity index (χ1n) is 7.96. The normalized spacial score (nSPS) is 22.5. The number of nitrogens with one attached hydrogen (secondary N) is 1. The van der Waals surface area contributed by atoms with Gasteiger partial charge in [0.2, 0.25) is 0 Å². The first-order valence-corrected chi connectivity index (χ1v) is 8.34. The summed E-state index contributed by atoms with van der Waals surface area (Å²) >= 11 is 6.11. The van der Waals surface area contributed by atoms with Crippen LogP contribution in [0, 0.1) is 5.92 Å². The van der Waals surface area contributed by atoms with Gasteiger partial charge in [0.15, 0.2) is 5.60 Å². The molecule has 1 aromatic heterocycles. The Morgan fingerprint density at radius 3 is 2.83 bits per heavy atom. The summed E-state index contributed by atoms with van der Waals surface area (Å²) in [4.78, 5) is 4.23. The molecule has 2 heterocycles. The van der Waals surface area contributed by atoms with E-state index >= 15 is 0 Å². The number of alkyl halides is 2. The number of halogens is 3. The van der Waals surface area contributed by atoms with Gasteiger partial charge in [-0.2, -0.15) is 0 Å². The summed E-state index contributed by atoms with van der Waals surface area (Å²) in [5, 5.41) is 3.51. The molecule has 4 rings (SSSR count). The van der Waals surface area contributed by atoms with E-state index in [9.17, 15) is 8.78 Å². The summed E-state index contributed by atoms with van der Waals surface area (Å²) in [6.07, 6.45) is 3.62. The maximum absolute atomic E-state index is 15.0. The lowest BCUT2D eigenvalue weighted by atomic mass is 9.78. The lowest BCUT2D eigenvalue weighted by Crippen LogP contribution is -2.49. The number of hydrogen-bond donors (Lipinski definition) is 1. The second-order valence-electron chi connectivity index (χ2n) is 6.54. The highest BCUT2D eigenvalue weighted by Gasteiger charge is 2.58. The molecule has 126 valence electrons. The summed E-state index contributed by atoms with van der Waals surface area (Å²) in [5.74, 6) is -2.41. The fraction of sp³-hybridized carbons (Fsp3) is 0.389. The molecule has 1 aliphatic heterocycles. The topological polar surface area (TPSA) is 34.1 Å². The van der Waals surface area contributed by atoms with Crippen LogP contribution >= 0.6 is 11.6 Å². The van der Waals surface area contributed by atoms with Gasteiger partial charge < -0.3 is 10.1 Å². The Labute approximate surface area is 144 Å². The number of anilines is 2. The molecule has 24 heavy (non-hydrogen) atoms. The Kier molecular flexibility index (Phi) is 3.55. The Hall–Kier alpha value is -1.72. The van der Waals surface area contributed by atoms with Crippen LogP contribution in [0.4, 0.5) is 20.3 Å². The first-order chi connectivity index (χ1) is 11.4. The van der Waals surface area contributed by atoms with Crippen molar-refractivity contribution in [3.05, 3.63) is 52.7 Å². The minimum absolute atomic E-state index is 0.295. The third kappa shape index (κ3) is 2.38. The molecular weight excluding hydrogens is 334 g/mol. The molecule has 1 aliphatic carbocycles. The standard InChI is InChI=1S/C18H17ClF2N2O/c1-17(20,21)18(24-10-11-4-5-11)13-3-2-8-22-16(13)23-15-7-6-12(19)9-14(15)18/h2-3,6-9,11H,4-5,10H2,1H3,(H,22,23). The van der Waals surface area contributed by atoms with Gasteiger partial charge in [-0.3, -0.25) is 0 Å². The van der Waals surface area contributed by atoms with E-state index in [0.29, 0.717) is 40.2 Å². The minimum atomic E-state index is -3.15. The lowest BCUT2D eigenvalue weighted by molar-refractivity contribution is -0.185. The highest BCUT2D eigenvalue weighted by atomic mass is 35.5. The molecule has 2 aliphatic rings. The molecule has 0 spiro atoms. The Balaban J connectivity index is 1.96. The van der Waals surface area contributed by atoms with E-state index < -0.39 is 11.5 Å². The molecule has 2 aromatic rings. The molecule has 0 amide bonds. The number of hydrogen-bond acceptors (Lipinski definition) is 3. The third-order valence-electron chi connectivity index (χ3n) is 4.65. The van der Waals surface area contributed by atoms with E-state index in [1.54, 1.807) is 36.5 Å². The molecule has 1 fully saturated rings. The SMILES string of the molecule is CC(F)(F)C1(OCC2CC2)c2cc(Cl)ccc2Nc2ncccc21. The van der Waals surface area contributed by atoms with Gasteiger partial charge in [0.05, 0.1) is 6.61 Å². The molecule has 6 heteroatoms. The van der Waals surface area contributed by atoms with Crippen LogP contribution in [-0.4, -0.2) is 17.5 Å². The second kappa shape index (κ2) is 5.39. The highest BCUT2D eigenvalue weighted by molar-refractivity contribution is 6.30. The zero-order valence-electron chi connectivity index (χ0n) is 13.2. The van der Waals surface area contributed by atoms with Crippen LogP contribution < -0.4 is 5.32 Å². The Morgan fingerprint density at radius 1 is 1.33 bits per heavy atom. The van der Waals surface area contributed by atoms with Crippen molar-refractivity contribution in [1.82, 2.24) is 4.98 Å². The van der Waals surface area contributed by atoms with Gasteiger partial charge in [0.1, 0.15) is 5.82 Å². The fourth-order valence-corrected chi connectivity index (χ4v) is 3.43. The maximum Gasteiger partial charge on any atom is 0.282 e. The van der Waals surface area contributed by atoms with Crippen LogP contribution in [-0.2, 0) is 10.3 Å². The van der Waals surface area contributed by atoms with Gasteiger partial charge in [-0.1, -0.05) is 17.7 Å². The number of pyridine rings is 1. The van der Waals surface area contributed by atoms with E-state index in [1.165, 1.54) is 0 Å². The van der Waals surface area contributed by atoms with Crippen molar-refractivity contribution < 1.29 is 13.5 Å². The van der Waals surface area contributed by atoms with Crippen LogP contribution in [0.15, 0.2) is 36.5 Å². The predicted molar refractivity (Wildman–Crippen MR) is 89.0 cm³/mol. The average molecular weight is 351 g/mol. The summed E-state index contributed by atoms with van der Waals surface area (Å²) in [5.41, 5.74) is -0.663. The smallest absolute Gasteiger partial charge is 0.282 e. The monoisotopic (exact) mass is 350 g/mol. The molecule has 1 atom stereocenters. The largest absolute Gasteiger partial charge is 0.359 e. The van der Waals surface area contributed by atoms with E-state index in [2.05, 4.69) is 10.3 Å². The molecule has 1 unspecified atom stereocenters. The van der Waals surface area contributed by atoms with Crippen LogP contribution in [0.3, 0.4) is 0 Å². The summed E-state index contributed by atoms with van der Waals surface area (Å²) in [7, 11) is 0. The first kappa shape index (κ1) is 15.8. The number of ether oxygens (including phenoxy) is 1. The summed E-state index contributed by atoms with van der Waals surface area (Å²) < 4.78 is 36.0. The summed E-state index contributed by atoms with van der Waals surface area (Å²) in [6, 6.07) is 8.21. The average Bonchev–Trinajstić information content (AvgIpc) is 3.35. The number of fused-ring (bicyclic) bond motifs is 2. The highest BCUT2D eigenvalue weighted by Crippen LogP contribution is 2.54. The summed E-state index contributed by atoms with van der Waals surface area (Å²) in [6.45, 7) is 1.19. The van der Waals surface area contributed by atoms with E-state index in [4.69, 9.17) is 16.3 Å². The van der Waals surface area contributed by atoms with Crippen molar-refractivity contribution in [3.8, 4) is 0 Å². The quantitative estimate of drug-likeness (QED) is 0.831. The minimum Gasteiger partial charge on any atom is -0.359 e. The van der Waals surface area contributed by atoms with E-state index in [-0.39, 0.29) is 0 Å². The maximum atomic E-state index is 15.0. The van der Waals surface area contributed by atoms with Gasteiger partial charge in [0.25, 0.3) is 5.92 Å². The molecule has 3 nitrogen and oxygen atoms in total. The molecule has 0 saturated heterocycles. The number of rotatable bonds is 4. The lowest BCUT2D eigenvalue weighted by Gasteiger charge is -2.43. The van der Waals surface area contributed by atoms with Gasteiger partial charge in [-0.25, -0.2) is 13.8 Å². The molecule has 1 aromatic carbocycles. The van der Waals surface area contributed by atoms with Crippen molar-refractivity contribution in [3.63, 3.8) is 0 Å². The fourth-order valence-electron chi connectivity index (χ4n) is 3.26. The van der Waals surface area contributed by atoms with Gasteiger partial charge in [-0.05, 0) is 43.0 Å².